The largest absolute Gasteiger partial charge is 0.484 e. The highest BCUT2D eigenvalue weighted by Gasteiger charge is 2.28. The third-order valence-electron chi connectivity index (χ3n) is 4.62. The number of primary amides is 1. The van der Waals surface area contributed by atoms with E-state index in [9.17, 15) is 4.79 Å². The number of carbonyl (C=O) groups is 1. The fourth-order valence-electron chi connectivity index (χ4n) is 3.51. The van der Waals surface area contributed by atoms with Crippen molar-refractivity contribution >= 4 is 29.1 Å². The van der Waals surface area contributed by atoms with Crippen molar-refractivity contribution in [3.05, 3.63) is 65.1 Å². The van der Waals surface area contributed by atoms with Crippen LogP contribution in [0.4, 0.5) is 0 Å². The third-order valence-corrected chi connectivity index (χ3v) is 4.62. The number of benzene rings is 2. The molecule has 136 valence electrons. The summed E-state index contributed by atoms with van der Waals surface area (Å²) in [6, 6.07) is 13.3. The van der Waals surface area contributed by atoms with Crippen LogP contribution in [0.3, 0.4) is 0 Å². The summed E-state index contributed by atoms with van der Waals surface area (Å²) in [5.74, 6) is 2.15. The zero-order chi connectivity index (χ0) is 17.6. The predicted octanol–water partition coefficient (Wildman–Crippen LogP) is 3.83. The topological polar surface area (TPSA) is 68.7 Å². The Hall–Kier alpha value is -2.50. The molecule has 0 bridgehead atoms. The summed E-state index contributed by atoms with van der Waals surface area (Å²) in [5.41, 5.74) is 7.10. The summed E-state index contributed by atoms with van der Waals surface area (Å²) in [5, 5.41) is 1.69. The molecule has 4 rings (SSSR count). The van der Waals surface area contributed by atoms with Gasteiger partial charge in [0.1, 0.15) is 23.4 Å². The lowest BCUT2D eigenvalue weighted by Gasteiger charge is -2.29. The van der Waals surface area contributed by atoms with Gasteiger partial charge in [0.05, 0.1) is 6.54 Å². The Balaban J connectivity index is 0.00000196. The highest BCUT2D eigenvalue weighted by molar-refractivity contribution is 6.07. The number of rotatable bonds is 3. The zero-order valence-corrected chi connectivity index (χ0v) is 15.5. The van der Waals surface area contributed by atoms with Gasteiger partial charge in [-0.25, -0.2) is 0 Å². The first kappa shape index (κ1) is 18.3. The molecule has 1 amide bonds. The van der Waals surface area contributed by atoms with Crippen molar-refractivity contribution in [3.8, 4) is 5.75 Å². The van der Waals surface area contributed by atoms with Crippen LogP contribution in [0.5, 0.6) is 5.75 Å². The van der Waals surface area contributed by atoms with Crippen molar-refractivity contribution in [1.29, 1.82) is 0 Å². The Morgan fingerprint density at radius 3 is 2.69 bits per heavy atom. The van der Waals surface area contributed by atoms with Crippen LogP contribution in [0.2, 0.25) is 0 Å². The minimum atomic E-state index is -0.437. The lowest BCUT2D eigenvalue weighted by Crippen LogP contribution is -2.32. The van der Waals surface area contributed by atoms with Gasteiger partial charge in [-0.2, -0.15) is 0 Å². The second-order valence-corrected chi connectivity index (χ2v) is 6.56. The first-order valence-electron chi connectivity index (χ1n) is 8.29. The van der Waals surface area contributed by atoms with E-state index in [1.165, 1.54) is 0 Å². The maximum atomic E-state index is 11.7. The number of fused-ring (bicyclic) bond motifs is 2. The molecule has 0 fully saturated rings. The van der Waals surface area contributed by atoms with Gasteiger partial charge in [0.2, 0.25) is 5.91 Å². The number of hydrogen-bond acceptors (Lipinski definition) is 4. The van der Waals surface area contributed by atoms with E-state index in [1.54, 1.807) is 6.07 Å². The van der Waals surface area contributed by atoms with Crippen molar-refractivity contribution in [2.75, 3.05) is 13.6 Å². The SMILES string of the molecule is Cc1cc2c(o1)CN(C)CC2Oc1ccc(C(N)=O)c2ccccc12.Cl. The molecule has 6 heteroatoms. The molecule has 1 atom stereocenters. The minimum Gasteiger partial charge on any atom is -0.484 e. The third kappa shape index (κ3) is 3.16. The molecule has 0 radical (unpaired) electrons. The minimum absolute atomic E-state index is 0. The van der Waals surface area contributed by atoms with Crippen LogP contribution in [0, 0.1) is 6.92 Å². The molecule has 1 aliphatic heterocycles. The number of carbonyl (C=O) groups excluding carboxylic acids is 1. The summed E-state index contributed by atoms with van der Waals surface area (Å²) < 4.78 is 12.2. The van der Waals surface area contributed by atoms with Gasteiger partial charge in [0.15, 0.2) is 0 Å². The highest BCUT2D eigenvalue weighted by atomic mass is 35.5. The van der Waals surface area contributed by atoms with E-state index in [0.717, 1.165) is 46.7 Å². The van der Waals surface area contributed by atoms with Crippen LogP contribution in [-0.2, 0) is 6.54 Å². The summed E-state index contributed by atoms with van der Waals surface area (Å²) in [6.45, 7) is 3.51. The zero-order valence-electron chi connectivity index (χ0n) is 14.7. The van der Waals surface area contributed by atoms with Gasteiger partial charge in [-0.1, -0.05) is 24.3 Å². The molecule has 2 aromatic carbocycles. The molecule has 2 heterocycles. The van der Waals surface area contributed by atoms with E-state index >= 15 is 0 Å². The number of amides is 1. The monoisotopic (exact) mass is 372 g/mol. The van der Waals surface area contributed by atoms with Gasteiger partial charge < -0.3 is 14.9 Å². The smallest absolute Gasteiger partial charge is 0.249 e. The van der Waals surface area contributed by atoms with E-state index in [2.05, 4.69) is 4.90 Å². The molecule has 26 heavy (non-hydrogen) atoms. The number of hydrogen-bond donors (Lipinski definition) is 1. The number of likely N-dealkylation sites (N-methyl/N-ethyl adjacent to an activating group) is 1. The summed E-state index contributed by atoms with van der Waals surface area (Å²) in [7, 11) is 2.05. The maximum absolute atomic E-state index is 11.7. The summed E-state index contributed by atoms with van der Waals surface area (Å²) >= 11 is 0. The average molecular weight is 373 g/mol. The molecule has 5 nitrogen and oxygen atoms in total. The number of halogens is 1. The molecule has 2 N–H and O–H groups in total. The van der Waals surface area contributed by atoms with Crippen molar-refractivity contribution in [3.63, 3.8) is 0 Å². The molecule has 1 aliphatic rings. The first-order valence-corrected chi connectivity index (χ1v) is 8.29. The lowest BCUT2D eigenvalue weighted by molar-refractivity contribution is 0.100. The van der Waals surface area contributed by atoms with Crippen molar-refractivity contribution in [2.45, 2.75) is 19.6 Å². The van der Waals surface area contributed by atoms with Crippen molar-refractivity contribution in [1.82, 2.24) is 4.90 Å². The quantitative estimate of drug-likeness (QED) is 0.758. The Morgan fingerprint density at radius 1 is 1.23 bits per heavy atom. The maximum Gasteiger partial charge on any atom is 0.249 e. The number of ether oxygens (including phenoxy) is 1. The fraction of sp³-hybridized carbons (Fsp3) is 0.250. The lowest BCUT2D eigenvalue weighted by atomic mass is 10.0. The molecule has 1 aromatic heterocycles. The molecule has 3 aromatic rings. The average Bonchev–Trinajstić information content (AvgIpc) is 2.95. The fourth-order valence-corrected chi connectivity index (χ4v) is 3.51. The van der Waals surface area contributed by atoms with E-state index in [1.807, 2.05) is 50.4 Å². The van der Waals surface area contributed by atoms with Gasteiger partial charge >= 0.3 is 0 Å². The summed E-state index contributed by atoms with van der Waals surface area (Å²) in [6.07, 6.45) is -0.117. The van der Waals surface area contributed by atoms with E-state index in [0.29, 0.717) is 5.56 Å². The van der Waals surface area contributed by atoms with Gasteiger partial charge in [-0.05, 0) is 37.6 Å². The van der Waals surface area contributed by atoms with Gasteiger partial charge in [0.25, 0.3) is 0 Å². The van der Waals surface area contributed by atoms with E-state index < -0.39 is 5.91 Å². The van der Waals surface area contributed by atoms with Crippen LogP contribution < -0.4 is 10.5 Å². The number of nitrogens with zero attached hydrogens (tertiary/aromatic N) is 1. The Kier molecular flexibility index (Phi) is 4.94. The van der Waals surface area contributed by atoms with Gasteiger partial charge in [-0.3, -0.25) is 9.69 Å². The van der Waals surface area contributed by atoms with Crippen LogP contribution in [0.25, 0.3) is 10.8 Å². The molecular weight excluding hydrogens is 352 g/mol. The molecule has 0 aliphatic carbocycles. The predicted molar refractivity (Wildman–Crippen MR) is 103 cm³/mol. The Morgan fingerprint density at radius 2 is 1.96 bits per heavy atom. The number of furan rings is 1. The van der Waals surface area contributed by atoms with Crippen molar-refractivity contribution in [2.24, 2.45) is 5.73 Å². The number of aryl methyl sites for hydroxylation is 1. The Bertz CT molecular complexity index is 967. The second kappa shape index (κ2) is 7.02. The molecular formula is C20H21ClN2O3. The van der Waals surface area contributed by atoms with Gasteiger partial charge in [0, 0.05) is 23.1 Å². The first-order chi connectivity index (χ1) is 12.0. The summed E-state index contributed by atoms with van der Waals surface area (Å²) in [4.78, 5) is 13.9. The molecule has 1 unspecified atom stereocenters. The van der Waals surface area contributed by atoms with Crippen LogP contribution in [0.15, 0.2) is 46.9 Å². The van der Waals surface area contributed by atoms with Crippen LogP contribution in [-0.4, -0.2) is 24.4 Å². The van der Waals surface area contributed by atoms with Crippen LogP contribution >= 0.6 is 12.4 Å². The highest BCUT2D eigenvalue weighted by Crippen LogP contribution is 2.36. The van der Waals surface area contributed by atoms with Crippen molar-refractivity contribution < 1.29 is 13.9 Å². The molecule has 0 spiro atoms. The van der Waals surface area contributed by atoms with E-state index in [-0.39, 0.29) is 18.5 Å². The number of nitrogens with two attached hydrogens (primary N) is 1. The van der Waals surface area contributed by atoms with E-state index in [4.69, 9.17) is 14.9 Å². The van der Waals surface area contributed by atoms with Crippen LogP contribution in [0.1, 0.15) is 33.5 Å². The second-order valence-electron chi connectivity index (χ2n) is 6.56. The molecule has 0 saturated heterocycles. The van der Waals surface area contributed by atoms with Gasteiger partial charge in [-0.15, -0.1) is 12.4 Å². The normalized spacial score (nSPS) is 16.8. The Labute approximate surface area is 158 Å². The standard InChI is InChI=1S/C20H20N2O3.ClH/c1-12-9-16-18(24-12)10-22(2)11-19(16)25-17-8-7-15(20(21)23)13-5-3-4-6-14(13)17;/h3-9,19H,10-11H2,1-2H3,(H2,21,23);1H. The molecule has 0 saturated carbocycles.